The van der Waals surface area contributed by atoms with Crippen LogP contribution >= 0.6 is 0 Å². The van der Waals surface area contributed by atoms with E-state index < -0.39 is 6.04 Å². The van der Waals surface area contributed by atoms with Crippen LogP contribution in [0.5, 0.6) is 5.75 Å². The van der Waals surface area contributed by atoms with Gasteiger partial charge in [0.05, 0.1) is 6.04 Å². The summed E-state index contributed by atoms with van der Waals surface area (Å²) in [5.41, 5.74) is 1.74. The molecule has 1 amide bonds. The fourth-order valence-electron chi connectivity index (χ4n) is 2.82. The third kappa shape index (κ3) is 3.46. The Hall–Kier alpha value is -3.07. The van der Waals surface area contributed by atoms with E-state index in [2.05, 4.69) is 5.32 Å². The quantitative estimate of drug-likeness (QED) is 0.747. The zero-order valence-electron chi connectivity index (χ0n) is 13.4. The molecule has 0 radical (unpaired) electrons. The Kier molecular flexibility index (Phi) is 4.62. The fraction of sp³-hybridized carbons (Fsp3) is 0.0952. The van der Waals surface area contributed by atoms with E-state index in [-0.39, 0.29) is 11.7 Å². The topological polar surface area (TPSA) is 49.3 Å². The summed E-state index contributed by atoms with van der Waals surface area (Å²) in [4.78, 5) is 11.7. The highest BCUT2D eigenvalue weighted by atomic mass is 16.3. The molecule has 0 bridgehead atoms. The SMILES string of the molecule is CC(=O)NC(/C=C/c1ccccc1)c1c(O)ccc2ccccc12. The molecule has 0 saturated carbocycles. The van der Waals surface area contributed by atoms with Crippen molar-refractivity contribution in [1.29, 1.82) is 0 Å². The van der Waals surface area contributed by atoms with Crippen LogP contribution in [-0.2, 0) is 4.79 Å². The van der Waals surface area contributed by atoms with E-state index in [1.807, 2.05) is 72.8 Å². The highest BCUT2D eigenvalue weighted by molar-refractivity contribution is 5.89. The number of fused-ring (bicyclic) bond motifs is 1. The number of carbonyl (C=O) groups is 1. The molecule has 0 aliphatic heterocycles. The lowest BCUT2D eigenvalue weighted by Crippen LogP contribution is -2.24. The van der Waals surface area contributed by atoms with Crippen molar-refractivity contribution in [2.24, 2.45) is 0 Å². The largest absolute Gasteiger partial charge is 0.508 e. The predicted molar refractivity (Wildman–Crippen MR) is 97.6 cm³/mol. The molecule has 3 aromatic rings. The van der Waals surface area contributed by atoms with E-state index in [9.17, 15) is 9.90 Å². The van der Waals surface area contributed by atoms with Crippen molar-refractivity contribution in [3.8, 4) is 5.75 Å². The Bertz CT molecular complexity index is 885. The van der Waals surface area contributed by atoms with Gasteiger partial charge in [0, 0.05) is 12.5 Å². The van der Waals surface area contributed by atoms with Gasteiger partial charge in [-0.2, -0.15) is 0 Å². The normalized spacial score (nSPS) is 12.4. The van der Waals surface area contributed by atoms with Crippen molar-refractivity contribution >= 4 is 22.8 Å². The Morgan fingerprint density at radius 3 is 2.46 bits per heavy atom. The second kappa shape index (κ2) is 7.01. The highest BCUT2D eigenvalue weighted by Gasteiger charge is 2.17. The van der Waals surface area contributed by atoms with E-state index in [4.69, 9.17) is 0 Å². The summed E-state index contributed by atoms with van der Waals surface area (Å²) in [6.45, 7) is 1.48. The van der Waals surface area contributed by atoms with Gasteiger partial charge in [0.2, 0.25) is 5.91 Å². The van der Waals surface area contributed by atoms with E-state index >= 15 is 0 Å². The van der Waals surface area contributed by atoms with Crippen LogP contribution in [0.1, 0.15) is 24.1 Å². The van der Waals surface area contributed by atoms with Crippen LogP contribution in [-0.4, -0.2) is 11.0 Å². The molecule has 3 heteroatoms. The number of amides is 1. The summed E-state index contributed by atoms with van der Waals surface area (Å²) in [5, 5.41) is 15.3. The third-order valence-corrected chi connectivity index (χ3v) is 3.90. The summed E-state index contributed by atoms with van der Waals surface area (Å²) in [7, 11) is 0. The summed E-state index contributed by atoms with van der Waals surface area (Å²) in [5.74, 6) is 0.0233. The number of aromatic hydroxyl groups is 1. The minimum atomic E-state index is -0.409. The Morgan fingerprint density at radius 1 is 1.00 bits per heavy atom. The fourth-order valence-corrected chi connectivity index (χ4v) is 2.82. The number of rotatable bonds is 4. The molecule has 3 aromatic carbocycles. The van der Waals surface area contributed by atoms with Crippen LogP contribution in [0.25, 0.3) is 16.8 Å². The van der Waals surface area contributed by atoms with Gasteiger partial charge < -0.3 is 10.4 Å². The number of phenols is 1. The molecule has 0 fully saturated rings. The van der Waals surface area contributed by atoms with Crippen molar-refractivity contribution in [2.45, 2.75) is 13.0 Å². The molecule has 0 heterocycles. The molecule has 0 aliphatic carbocycles. The minimum absolute atomic E-state index is 0.148. The molecule has 3 nitrogen and oxygen atoms in total. The molecule has 3 rings (SSSR count). The maximum Gasteiger partial charge on any atom is 0.217 e. The lowest BCUT2D eigenvalue weighted by atomic mass is 9.96. The second-order valence-electron chi connectivity index (χ2n) is 5.67. The second-order valence-corrected chi connectivity index (χ2v) is 5.67. The summed E-state index contributed by atoms with van der Waals surface area (Å²) < 4.78 is 0. The average molecular weight is 317 g/mol. The maximum absolute atomic E-state index is 11.7. The van der Waals surface area contributed by atoms with Crippen LogP contribution in [0, 0.1) is 0 Å². The molecule has 0 aromatic heterocycles. The first-order valence-electron chi connectivity index (χ1n) is 7.86. The third-order valence-electron chi connectivity index (χ3n) is 3.90. The van der Waals surface area contributed by atoms with Crippen molar-refractivity contribution in [1.82, 2.24) is 5.32 Å². The zero-order valence-corrected chi connectivity index (χ0v) is 13.4. The number of hydrogen-bond acceptors (Lipinski definition) is 2. The van der Waals surface area contributed by atoms with Gasteiger partial charge in [0.1, 0.15) is 5.75 Å². The minimum Gasteiger partial charge on any atom is -0.508 e. The molecule has 0 aliphatic rings. The molecule has 1 atom stereocenters. The predicted octanol–water partition coefficient (Wildman–Crippen LogP) is 4.44. The smallest absolute Gasteiger partial charge is 0.217 e. The molecular formula is C21H19NO2. The molecule has 120 valence electrons. The first kappa shape index (κ1) is 15.8. The molecule has 24 heavy (non-hydrogen) atoms. The zero-order chi connectivity index (χ0) is 16.9. The van der Waals surface area contributed by atoms with Gasteiger partial charge >= 0.3 is 0 Å². The average Bonchev–Trinajstić information content (AvgIpc) is 2.59. The standard InChI is InChI=1S/C21H19NO2/c1-15(23)22-19(13-11-16-7-3-2-4-8-16)21-18-10-6-5-9-17(18)12-14-20(21)24/h2-14,19,24H,1H3,(H,22,23)/b13-11+. The van der Waals surface area contributed by atoms with E-state index in [1.165, 1.54) is 6.92 Å². The highest BCUT2D eigenvalue weighted by Crippen LogP contribution is 2.33. The number of nitrogens with one attached hydrogen (secondary N) is 1. The lowest BCUT2D eigenvalue weighted by Gasteiger charge is -2.18. The van der Waals surface area contributed by atoms with Crippen LogP contribution in [0.2, 0.25) is 0 Å². The van der Waals surface area contributed by atoms with Gasteiger partial charge in [-0.3, -0.25) is 4.79 Å². The van der Waals surface area contributed by atoms with E-state index in [0.29, 0.717) is 5.56 Å². The van der Waals surface area contributed by atoms with Crippen molar-refractivity contribution in [3.05, 3.63) is 83.9 Å². The van der Waals surface area contributed by atoms with E-state index in [1.54, 1.807) is 6.07 Å². The molecule has 1 unspecified atom stereocenters. The van der Waals surface area contributed by atoms with Gasteiger partial charge in [-0.25, -0.2) is 0 Å². The number of phenolic OH excluding ortho intramolecular Hbond substituents is 1. The molecule has 0 spiro atoms. The number of carbonyl (C=O) groups excluding carboxylic acids is 1. The van der Waals surface area contributed by atoms with Crippen LogP contribution < -0.4 is 5.32 Å². The van der Waals surface area contributed by atoms with Gasteiger partial charge in [-0.1, -0.05) is 72.8 Å². The van der Waals surface area contributed by atoms with Gasteiger partial charge in [-0.05, 0) is 22.4 Å². The summed E-state index contributed by atoms with van der Waals surface area (Å²) in [6, 6.07) is 20.8. The summed E-state index contributed by atoms with van der Waals surface area (Å²) >= 11 is 0. The first-order chi connectivity index (χ1) is 11.6. The molecular weight excluding hydrogens is 298 g/mol. The van der Waals surface area contributed by atoms with Crippen molar-refractivity contribution in [3.63, 3.8) is 0 Å². The van der Waals surface area contributed by atoms with Gasteiger partial charge in [-0.15, -0.1) is 0 Å². The van der Waals surface area contributed by atoms with Gasteiger partial charge in [0.25, 0.3) is 0 Å². The van der Waals surface area contributed by atoms with E-state index in [0.717, 1.165) is 16.3 Å². The summed E-state index contributed by atoms with van der Waals surface area (Å²) in [6.07, 6.45) is 3.85. The Labute approximate surface area is 141 Å². The monoisotopic (exact) mass is 317 g/mol. The Morgan fingerprint density at radius 2 is 1.71 bits per heavy atom. The van der Waals surface area contributed by atoms with Crippen molar-refractivity contribution in [2.75, 3.05) is 0 Å². The van der Waals surface area contributed by atoms with Crippen LogP contribution in [0.4, 0.5) is 0 Å². The Balaban J connectivity index is 2.08. The lowest BCUT2D eigenvalue weighted by molar-refractivity contribution is -0.119. The number of hydrogen-bond donors (Lipinski definition) is 2. The maximum atomic E-state index is 11.7. The van der Waals surface area contributed by atoms with Gasteiger partial charge in [0.15, 0.2) is 0 Å². The van der Waals surface area contributed by atoms with Crippen LogP contribution in [0.3, 0.4) is 0 Å². The van der Waals surface area contributed by atoms with Crippen LogP contribution in [0.15, 0.2) is 72.8 Å². The molecule has 0 saturated heterocycles. The molecule has 2 N–H and O–H groups in total. The van der Waals surface area contributed by atoms with Crippen molar-refractivity contribution < 1.29 is 9.90 Å². The first-order valence-corrected chi connectivity index (χ1v) is 7.86. The number of benzene rings is 3.